The Balaban J connectivity index is 1.60. The minimum Gasteiger partial charge on any atom is -0.411 e. The van der Waals surface area contributed by atoms with Gasteiger partial charge in [-0.2, -0.15) is 0 Å². The van der Waals surface area contributed by atoms with Crippen LogP contribution in [-0.4, -0.2) is 21.9 Å². The van der Waals surface area contributed by atoms with Gasteiger partial charge >= 0.3 is 0 Å². The third-order valence-electron chi connectivity index (χ3n) is 3.34. The predicted octanol–water partition coefficient (Wildman–Crippen LogP) is 4.85. The average Bonchev–Trinajstić information content (AvgIpc) is 3.01. The normalized spacial score (nSPS) is 10.7. The summed E-state index contributed by atoms with van der Waals surface area (Å²) in [5, 5.41) is 11.3. The molecule has 1 heterocycles. The monoisotopic (exact) mass is 417 g/mol. The van der Waals surface area contributed by atoms with Gasteiger partial charge in [0.15, 0.2) is 0 Å². The number of amides is 1. The number of nitrogens with zero attached hydrogens (tertiary/aromatic N) is 2. The Kier molecular flexibility index (Phi) is 5.55. The van der Waals surface area contributed by atoms with E-state index in [1.165, 1.54) is 11.8 Å². The SMILES string of the molecule is Cc1cc(C)cc(NC(=O)CSc2nnc(-c3ccccc3Br)o2)c1. The Labute approximate surface area is 158 Å². The summed E-state index contributed by atoms with van der Waals surface area (Å²) < 4.78 is 6.50. The van der Waals surface area contributed by atoms with Crippen molar-refractivity contribution >= 4 is 39.3 Å². The van der Waals surface area contributed by atoms with Crippen LogP contribution in [0.3, 0.4) is 0 Å². The number of aromatic nitrogens is 2. The Morgan fingerprint density at radius 1 is 1.16 bits per heavy atom. The number of halogens is 1. The molecule has 0 aliphatic carbocycles. The molecule has 3 aromatic rings. The number of carbonyl (C=O) groups excluding carboxylic acids is 1. The van der Waals surface area contributed by atoms with Gasteiger partial charge in [-0.3, -0.25) is 4.79 Å². The molecule has 0 saturated heterocycles. The lowest BCUT2D eigenvalue weighted by molar-refractivity contribution is -0.113. The lowest BCUT2D eigenvalue weighted by atomic mass is 10.1. The summed E-state index contributed by atoms with van der Waals surface area (Å²) in [6, 6.07) is 13.5. The molecule has 0 bridgehead atoms. The van der Waals surface area contributed by atoms with Gasteiger partial charge in [0.05, 0.1) is 11.3 Å². The zero-order chi connectivity index (χ0) is 17.8. The number of nitrogens with one attached hydrogen (secondary N) is 1. The number of aryl methyl sites for hydroxylation is 2. The molecule has 0 spiro atoms. The summed E-state index contributed by atoms with van der Waals surface area (Å²) in [5.41, 5.74) is 3.83. The van der Waals surface area contributed by atoms with Crippen LogP contribution in [0.4, 0.5) is 5.69 Å². The fraction of sp³-hybridized carbons (Fsp3) is 0.167. The quantitative estimate of drug-likeness (QED) is 0.601. The summed E-state index contributed by atoms with van der Waals surface area (Å²) in [6.07, 6.45) is 0. The van der Waals surface area contributed by atoms with Crippen LogP contribution >= 0.6 is 27.7 Å². The summed E-state index contributed by atoms with van der Waals surface area (Å²) >= 11 is 4.66. The van der Waals surface area contributed by atoms with Crippen molar-refractivity contribution in [3.05, 3.63) is 58.1 Å². The molecule has 5 nitrogen and oxygen atoms in total. The maximum atomic E-state index is 12.1. The molecule has 0 fully saturated rings. The van der Waals surface area contributed by atoms with Crippen molar-refractivity contribution in [2.75, 3.05) is 11.1 Å². The van der Waals surface area contributed by atoms with Gasteiger partial charge in [-0.05, 0) is 65.2 Å². The second kappa shape index (κ2) is 7.84. The highest BCUT2D eigenvalue weighted by Crippen LogP contribution is 2.29. The highest BCUT2D eigenvalue weighted by Gasteiger charge is 2.13. The molecule has 25 heavy (non-hydrogen) atoms. The van der Waals surface area contributed by atoms with E-state index in [2.05, 4.69) is 37.5 Å². The maximum absolute atomic E-state index is 12.1. The average molecular weight is 418 g/mol. The first kappa shape index (κ1) is 17.7. The summed E-state index contributed by atoms with van der Waals surface area (Å²) in [5.74, 6) is 0.505. The van der Waals surface area contributed by atoms with Gasteiger partial charge in [0.25, 0.3) is 5.22 Å². The van der Waals surface area contributed by atoms with E-state index in [-0.39, 0.29) is 11.7 Å². The molecular formula is C18H16BrN3O2S. The Hall–Kier alpha value is -2.12. The van der Waals surface area contributed by atoms with Crippen LogP contribution in [0.5, 0.6) is 0 Å². The van der Waals surface area contributed by atoms with E-state index in [0.29, 0.717) is 11.1 Å². The molecule has 1 amide bonds. The molecule has 2 aromatic carbocycles. The third-order valence-corrected chi connectivity index (χ3v) is 4.85. The standard InChI is InChI=1S/C18H16BrN3O2S/c1-11-7-12(2)9-13(8-11)20-16(23)10-25-18-22-21-17(24-18)14-5-3-4-6-15(14)19/h3-9H,10H2,1-2H3,(H,20,23). The third kappa shape index (κ3) is 4.70. The van der Waals surface area contributed by atoms with E-state index >= 15 is 0 Å². The molecule has 7 heteroatoms. The zero-order valence-corrected chi connectivity index (χ0v) is 16.1. The van der Waals surface area contributed by atoms with Crippen molar-refractivity contribution in [3.63, 3.8) is 0 Å². The number of anilines is 1. The minimum absolute atomic E-state index is 0.115. The van der Waals surface area contributed by atoms with E-state index in [1.807, 2.05) is 50.2 Å². The van der Waals surface area contributed by atoms with E-state index in [0.717, 1.165) is 26.9 Å². The molecular weight excluding hydrogens is 402 g/mol. The zero-order valence-electron chi connectivity index (χ0n) is 13.7. The Morgan fingerprint density at radius 3 is 2.60 bits per heavy atom. The van der Waals surface area contributed by atoms with Crippen LogP contribution in [0.2, 0.25) is 0 Å². The predicted molar refractivity (Wildman–Crippen MR) is 103 cm³/mol. The van der Waals surface area contributed by atoms with Gasteiger partial charge in [-0.15, -0.1) is 10.2 Å². The van der Waals surface area contributed by atoms with Crippen molar-refractivity contribution in [1.29, 1.82) is 0 Å². The van der Waals surface area contributed by atoms with Crippen LogP contribution in [0, 0.1) is 13.8 Å². The van der Waals surface area contributed by atoms with Crippen molar-refractivity contribution in [1.82, 2.24) is 10.2 Å². The van der Waals surface area contributed by atoms with Crippen molar-refractivity contribution in [2.45, 2.75) is 19.1 Å². The van der Waals surface area contributed by atoms with Crippen molar-refractivity contribution < 1.29 is 9.21 Å². The summed E-state index contributed by atoms with van der Waals surface area (Å²) in [6.45, 7) is 4.00. The van der Waals surface area contributed by atoms with Gasteiger partial charge in [0.1, 0.15) is 0 Å². The molecule has 128 valence electrons. The second-order valence-corrected chi connectivity index (χ2v) is 7.35. The lowest BCUT2D eigenvalue weighted by Gasteiger charge is -2.06. The minimum atomic E-state index is -0.115. The van der Waals surface area contributed by atoms with Crippen LogP contribution in [0.1, 0.15) is 11.1 Å². The first-order valence-corrected chi connectivity index (χ1v) is 9.38. The van der Waals surface area contributed by atoms with Crippen LogP contribution < -0.4 is 5.32 Å². The summed E-state index contributed by atoms with van der Waals surface area (Å²) in [7, 11) is 0. The smallest absolute Gasteiger partial charge is 0.277 e. The molecule has 0 aliphatic rings. The lowest BCUT2D eigenvalue weighted by Crippen LogP contribution is -2.14. The number of benzene rings is 2. The number of hydrogen-bond acceptors (Lipinski definition) is 5. The van der Waals surface area contributed by atoms with Gasteiger partial charge in [0, 0.05) is 10.2 Å². The highest BCUT2D eigenvalue weighted by atomic mass is 79.9. The summed E-state index contributed by atoms with van der Waals surface area (Å²) in [4.78, 5) is 12.1. The highest BCUT2D eigenvalue weighted by molar-refractivity contribution is 9.10. The van der Waals surface area contributed by atoms with E-state index in [1.54, 1.807) is 0 Å². The number of thioether (sulfide) groups is 1. The largest absolute Gasteiger partial charge is 0.411 e. The van der Waals surface area contributed by atoms with Crippen LogP contribution in [0.25, 0.3) is 11.5 Å². The fourth-order valence-electron chi connectivity index (χ4n) is 2.38. The maximum Gasteiger partial charge on any atom is 0.277 e. The van der Waals surface area contributed by atoms with Gasteiger partial charge in [0.2, 0.25) is 11.8 Å². The fourth-order valence-corrected chi connectivity index (χ4v) is 3.40. The van der Waals surface area contributed by atoms with Crippen molar-refractivity contribution in [3.8, 4) is 11.5 Å². The second-order valence-electron chi connectivity index (χ2n) is 5.57. The molecule has 1 N–H and O–H groups in total. The Bertz CT molecular complexity index is 891. The number of carbonyl (C=O) groups is 1. The Morgan fingerprint density at radius 2 is 1.88 bits per heavy atom. The van der Waals surface area contributed by atoms with E-state index < -0.39 is 0 Å². The van der Waals surface area contributed by atoms with Crippen LogP contribution in [-0.2, 0) is 4.79 Å². The van der Waals surface area contributed by atoms with Crippen LogP contribution in [0.15, 0.2) is 56.6 Å². The first-order valence-electron chi connectivity index (χ1n) is 7.60. The van der Waals surface area contributed by atoms with Gasteiger partial charge in [-0.1, -0.05) is 30.0 Å². The molecule has 3 rings (SSSR count). The van der Waals surface area contributed by atoms with Gasteiger partial charge in [-0.25, -0.2) is 0 Å². The van der Waals surface area contributed by atoms with E-state index in [9.17, 15) is 4.79 Å². The number of rotatable bonds is 5. The molecule has 1 aromatic heterocycles. The molecule has 0 atom stereocenters. The van der Waals surface area contributed by atoms with Crippen molar-refractivity contribution in [2.24, 2.45) is 0 Å². The first-order chi connectivity index (χ1) is 12.0. The van der Waals surface area contributed by atoms with E-state index in [4.69, 9.17) is 4.42 Å². The topological polar surface area (TPSA) is 68.0 Å². The molecule has 0 unspecified atom stereocenters. The number of hydrogen-bond donors (Lipinski definition) is 1. The van der Waals surface area contributed by atoms with Gasteiger partial charge < -0.3 is 9.73 Å². The molecule has 0 radical (unpaired) electrons. The molecule has 0 saturated carbocycles. The molecule has 0 aliphatic heterocycles.